The van der Waals surface area contributed by atoms with Crippen LogP contribution in [0.25, 0.3) is 0 Å². The maximum atomic E-state index is 12.0. The highest BCUT2D eigenvalue weighted by Crippen LogP contribution is 2.23. The Morgan fingerprint density at radius 2 is 1.72 bits per heavy atom. The van der Waals surface area contributed by atoms with Crippen molar-refractivity contribution in [3.63, 3.8) is 0 Å². The van der Waals surface area contributed by atoms with Gasteiger partial charge in [-0.05, 0) is 36.5 Å². The van der Waals surface area contributed by atoms with E-state index in [1.807, 2.05) is 0 Å². The number of benzene rings is 1. The summed E-state index contributed by atoms with van der Waals surface area (Å²) in [5, 5.41) is 0. The minimum absolute atomic E-state index is 0.0272. The molecule has 0 bridgehead atoms. The lowest BCUT2D eigenvalue weighted by Crippen LogP contribution is -2.24. The van der Waals surface area contributed by atoms with E-state index in [2.05, 4.69) is 18.6 Å². The minimum atomic E-state index is -4.64. The molecule has 5 heteroatoms. The van der Waals surface area contributed by atoms with Crippen LogP contribution in [0.5, 0.6) is 5.75 Å². The molecule has 1 aromatic rings. The molecule has 2 nitrogen and oxygen atoms in total. The second-order valence-electron chi connectivity index (χ2n) is 4.79. The predicted molar refractivity (Wildman–Crippen MR) is 64.3 cm³/mol. The van der Waals surface area contributed by atoms with Gasteiger partial charge in [-0.15, -0.1) is 13.2 Å². The Hall–Kier alpha value is -1.23. The van der Waals surface area contributed by atoms with Crippen molar-refractivity contribution < 1.29 is 17.9 Å². The molecule has 0 heterocycles. The predicted octanol–water partition coefficient (Wildman–Crippen LogP) is 3.50. The van der Waals surface area contributed by atoms with Crippen molar-refractivity contribution in [1.82, 2.24) is 0 Å². The van der Waals surface area contributed by atoms with Crippen molar-refractivity contribution in [2.45, 2.75) is 39.1 Å². The summed E-state index contributed by atoms with van der Waals surface area (Å²) < 4.78 is 39.7. The smallest absolute Gasteiger partial charge is 0.406 e. The Kier molecular flexibility index (Phi) is 5.02. The summed E-state index contributed by atoms with van der Waals surface area (Å²) in [6.45, 7) is 4.17. The van der Waals surface area contributed by atoms with Gasteiger partial charge in [-0.3, -0.25) is 0 Å². The number of nitrogens with two attached hydrogens (primary N) is 1. The van der Waals surface area contributed by atoms with Crippen LogP contribution in [0, 0.1) is 5.92 Å². The maximum Gasteiger partial charge on any atom is 0.573 e. The first-order valence-corrected chi connectivity index (χ1v) is 5.86. The summed E-state index contributed by atoms with van der Waals surface area (Å²) in [4.78, 5) is 0. The van der Waals surface area contributed by atoms with Crippen LogP contribution in [0.1, 0.15) is 25.8 Å². The van der Waals surface area contributed by atoms with E-state index in [0.717, 1.165) is 12.0 Å². The van der Waals surface area contributed by atoms with Gasteiger partial charge in [0.15, 0.2) is 0 Å². The van der Waals surface area contributed by atoms with Crippen molar-refractivity contribution in [3.05, 3.63) is 29.8 Å². The van der Waals surface area contributed by atoms with Crippen LogP contribution in [0.2, 0.25) is 0 Å². The summed E-state index contributed by atoms with van der Waals surface area (Å²) in [7, 11) is 0. The van der Waals surface area contributed by atoms with Gasteiger partial charge in [0.1, 0.15) is 5.75 Å². The molecule has 0 aromatic heterocycles. The van der Waals surface area contributed by atoms with E-state index in [9.17, 15) is 13.2 Å². The van der Waals surface area contributed by atoms with Crippen LogP contribution in [-0.4, -0.2) is 12.4 Å². The molecular formula is C13H18F3NO. The molecule has 1 atom stereocenters. The third kappa shape index (κ3) is 5.91. The summed E-state index contributed by atoms with van der Waals surface area (Å²) in [5.74, 6) is 0.302. The first kappa shape index (κ1) is 14.8. The molecule has 0 aliphatic carbocycles. The molecule has 1 rings (SSSR count). The third-order valence-corrected chi connectivity index (χ3v) is 2.43. The van der Waals surface area contributed by atoms with E-state index in [1.54, 1.807) is 12.1 Å². The molecular weight excluding hydrogens is 243 g/mol. The summed E-state index contributed by atoms with van der Waals surface area (Å²) in [6, 6.07) is 5.87. The summed E-state index contributed by atoms with van der Waals surface area (Å²) in [6.07, 6.45) is -3.10. The molecule has 0 spiro atoms. The zero-order valence-corrected chi connectivity index (χ0v) is 10.5. The lowest BCUT2D eigenvalue weighted by molar-refractivity contribution is -0.274. The van der Waals surface area contributed by atoms with E-state index < -0.39 is 6.36 Å². The highest BCUT2D eigenvalue weighted by molar-refractivity contribution is 5.27. The van der Waals surface area contributed by atoms with Crippen LogP contribution in [0.15, 0.2) is 24.3 Å². The van der Waals surface area contributed by atoms with Gasteiger partial charge in [-0.1, -0.05) is 26.0 Å². The van der Waals surface area contributed by atoms with Crippen LogP contribution in [-0.2, 0) is 6.42 Å². The van der Waals surface area contributed by atoms with Crippen LogP contribution in [0.4, 0.5) is 13.2 Å². The molecule has 18 heavy (non-hydrogen) atoms. The highest BCUT2D eigenvalue weighted by Gasteiger charge is 2.30. The molecule has 2 N–H and O–H groups in total. The fourth-order valence-electron chi connectivity index (χ4n) is 1.82. The summed E-state index contributed by atoms with van der Waals surface area (Å²) in [5.41, 5.74) is 6.85. The number of rotatable bonds is 5. The molecule has 102 valence electrons. The van der Waals surface area contributed by atoms with Crippen LogP contribution in [0.3, 0.4) is 0 Å². The second kappa shape index (κ2) is 6.09. The Labute approximate surface area is 105 Å². The van der Waals surface area contributed by atoms with Crippen LogP contribution >= 0.6 is 0 Å². The Morgan fingerprint density at radius 3 is 2.17 bits per heavy atom. The molecule has 0 radical (unpaired) electrons. The zero-order valence-electron chi connectivity index (χ0n) is 10.5. The fraction of sp³-hybridized carbons (Fsp3) is 0.538. The van der Waals surface area contributed by atoms with Gasteiger partial charge in [-0.25, -0.2) is 0 Å². The van der Waals surface area contributed by atoms with E-state index >= 15 is 0 Å². The van der Waals surface area contributed by atoms with E-state index in [1.165, 1.54) is 12.1 Å². The molecule has 1 aromatic carbocycles. The molecule has 0 aliphatic heterocycles. The lowest BCUT2D eigenvalue weighted by atomic mass is 9.98. The quantitative estimate of drug-likeness (QED) is 0.880. The van der Waals surface area contributed by atoms with Gasteiger partial charge in [0.2, 0.25) is 0 Å². The minimum Gasteiger partial charge on any atom is -0.406 e. The van der Waals surface area contributed by atoms with Gasteiger partial charge in [0, 0.05) is 6.04 Å². The first-order chi connectivity index (χ1) is 8.26. The van der Waals surface area contributed by atoms with Gasteiger partial charge in [-0.2, -0.15) is 0 Å². The number of hydrogen-bond acceptors (Lipinski definition) is 2. The zero-order chi connectivity index (χ0) is 13.8. The van der Waals surface area contributed by atoms with E-state index in [0.29, 0.717) is 12.3 Å². The number of ether oxygens (including phenoxy) is 1. The Balaban J connectivity index is 2.55. The van der Waals surface area contributed by atoms with Crippen molar-refractivity contribution >= 4 is 0 Å². The fourth-order valence-corrected chi connectivity index (χ4v) is 1.82. The standard InChI is InChI=1S/C13H18F3NO/c1-9(2)7-11(17)8-10-3-5-12(6-4-10)18-13(14,15)16/h3-6,9,11H,7-8,17H2,1-2H3. The molecule has 0 saturated heterocycles. The average molecular weight is 261 g/mol. The highest BCUT2D eigenvalue weighted by atomic mass is 19.4. The van der Waals surface area contributed by atoms with Gasteiger partial charge in [0.25, 0.3) is 0 Å². The van der Waals surface area contributed by atoms with Gasteiger partial charge < -0.3 is 10.5 Å². The number of alkyl halides is 3. The molecule has 1 unspecified atom stereocenters. The topological polar surface area (TPSA) is 35.2 Å². The SMILES string of the molecule is CC(C)CC(N)Cc1ccc(OC(F)(F)F)cc1. The van der Waals surface area contributed by atoms with Crippen molar-refractivity contribution in [3.8, 4) is 5.75 Å². The molecule has 0 fully saturated rings. The normalized spacial score (nSPS) is 13.7. The molecule has 0 saturated carbocycles. The van der Waals surface area contributed by atoms with E-state index in [-0.39, 0.29) is 11.8 Å². The van der Waals surface area contributed by atoms with Crippen LogP contribution < -0.4 is 10.5 Å². The lowest BCUT2D eigenvalue weighted by Gasteiger charge is -2.14. The van der Waals surface area contributed by atoms with Gasteiger partial charge in [0.05, 0.1) is 0 Å². The Morgan fingerprint density at radius 1 is 1.17 bits per heavy atom. The monoisotopic (exact) mass is 261 g/mol. The second-order valence-corrected chi connectivity index (χ2v) is 4.79. The largest absolute Gasteiger partial charge is 0.573 e. The first-order valence-electron chi connectivity index (χ1n) is 5.86. The maximum absolute atomic E-state index is 12.0. The van der Waals surface area contributed by atoms with Gasteiger partial charge >= 0.3 is 6.36 Å². The van der Waals surface area contributed by atoms with Crippen molar-refractivity contribution in [2.75, 3.05) is 0 Å². The summed E-state index contributed by atoms with van der Waals surface area (Å²) >= 11 is 0. The average Bonchev–Trinajstić information content (AvgIpc) is 2.17. The molecule has 0 aliphatic rings. The Bertz CT molecular complexity index is 359. The van der Waals surface area contributed by atoms with Crippen molar-refractivity contribution in [2.24, 2.45) is 11.7 Å². The molecule has 0 amide bonds. The van der Waals surface area contributed by atoms with E-state index in [4.69, 9.17) is 5.73 Å². The number of hydrogen-bond donors (Lipinski definition) is 1. The van der Waals surface area contributed by atoms with Crippen molar-refractivity contribution in [1.29, 1.82) is 0 Å². The number of halogens is 3. The third-order valence-electron chi connectivity index (χ3n) is 2.43.